The second-order valence-corrected chi connectivity index (χ2v) is 2.67. The van der Waals surface area contributed by atoms with E-state index in [1.54, 1.807) is 6.07 Å². The quantitative estimate of drug-likeness (QED) is 0.702. The van der Waals surface area contributed by atoms with E-state index in [1.165, 1.54) is 6.20 Å². The number of aromatic nitrogens is 2. The smallest absolute Gasteiger partial charge is 0.317 e. The molecule has 0 N–H and O–H groups in total. The van der Waals surface area contributed by atoms with Gasteiger partial charge in [0.1, 0.15) is 11.8 Å². The summed E-state index contributed by atoms with van der Waals surface area (Å²) in [5, 5.41) is 8.56. The number of hydrogen-bond acceptors (Lipinski definition) is 4. The fourth-order valence-corrected chi connectivity index (χ4v) is 0.723. The first kappa shape index (κ1) is 9.46. The highest BCUT2D eigenvalue weighted by atomic mass is 16.5. The molecule has 68 valence electrons. The zero-order chi connectivity index (χ0) is 9.68. The van der Waals surface area contributed by atoms with Crippen LogP contribution in [-0.2, 0) is 0 Å². The summed E-state index contributed by atoms with van der Waals surface area (Å²) >= 11 is 0. The molecular formula is C9H11N3O. The molecule has 0 aliphatic heterocycles. The lowest BCUT2D eigenvalue weighted by Crippen LogP contribution is -2.12. The molecule has 0 saturated heterocycles. The zero-order valence-electron chi connectivity index (χ0n) is 7.69. The van der Waals surface area contributed by atoms with Crippen molar-refractivity contribution < 1.29 is 4.74 Å². The molecule has 1 aromatic heterocycles. The maximum absolute atomic E-state index is 8.56. The molecule has 0 saturated carbocycles. The highest BCUT2D eigenvalue weighted by Gasteiger charge is 2.03. The SMILES string of the molecule is CCC(C)Oc1nccc(C#N)n1. The normalized spacial score (nSPS) is 11.8. The minimum atomic E-state index is 0.0777. The van der Waals surface area contributed by atoms with Gasteiger partial charge in [-0.05, 0) is 19.4 Å². The first-order valence-electron chi connectivity index (χ1n) is 4.16. The highest BCUT2D eigenvalue weighted by molar-refractivity contribution is 5.19. The molecule has 0 spiro atoms. The molecule has 4 heteroatoms. The highest BCUT2D eigenvalue weighted by Crippen LogP contribution is 2.06. The second kappa shape index (κ2) is 4.41. The van der Waals surface area contributed by atoms with E-state index in [2.05, 4.69) is 9.97 Å². The van der Waals surface area contributed by atoms with Crippen LogP contribution in [0.25, 0.3) is 0 Å². The van der Waals surface area contributed by atoms with Gasteiger partial charge >= 0.3 is 6.01 Å². The monoisotopic (exact) mass is 177 g/mol. The van der Waals surface area contributed by atoms with Gasteiger partial charge in [-0.1, -0.05) is 6.92 Å². The van der Waals surface area contributed by atoms with Crippen molar-refractivity contribution in [1.82, 2.24) is 9.97 Å². The Morgan fingerprint density at radius 2 is 2.46 bits per heavy atom. The molecule has 0 amide bonds. The summed E-state index contributed by atoms with van der Waals surface area (Å²) in [5.74, 6) is 0. The summed E-state index contributed by atoms with van der Waals surface area (Å²) in [5.41, 5.74) is 0.327. The van der Waals surface area contributed by atoms with Crippen molar-refractivity contribution in [2.45, 2.75) is 26.4 Å². The van der Waals surface area contributed by atoms with Gasteiger partial charge in [-0.15, -0.1) is 0 Å². The number of nitriles is 1. The van der Waals surface area contributed by atoms with Gasteiger partial charge in [0.05, 0.1) is 6.10 Å². The van der Waals surface area contributed by atoms with Crippen LogP contribution in [0.4, 0.5) is 0 Å². The summed E-state index contributed by atoms with van der Waals surface area (Å²) in [6.45, 7) is 3.95. The van der Waals surface area contributed by atoms with Crippen LogP contribution in [0.5, 0.6) is 6.01 Å². The molecule has 1 heterocycles. The van der Waals surface area contributed by atoms with Crippen LogP contribution < -0.4 is 4.74 Å². The van der Waals surface area contributed by atoms with Gasteiger partial charge in [0.25, 0.3) is 0 Å². The number of nitrogens with zero attached hydrogens (tertiary/aromatic N) is 3. The van der Waals surface area contributed by atoms with Crippen LogP contribution in [0.1, 0.15) is 26.0 Å². The van der Waals surface area contributed by atoms with Crippen LogP contribution >= 0.6 is 0 Å². The summed E-state index contributed by atoms with van der Waals surface area (Å²) in [6.07, 6.45) is 2.48. The Morgan fingerprint density at radius 1 is 1.69 bits per heavy atom. The van der Waals surface area contributed by atoms with E-state index in [0.29, 0.717) is 5.69 Å². The van der Waals surface area contributed by atoms with E-state index in [9.17, 15) is 0 Å². The Hall–Kier alpha value is -1.63. The lowest BCUT2D eigenvalue weighted by molar-refractivity contribution is 0.199. The Bertz CT molecular complexity index is 319. The third kappa shape index (κ3) is 2.71. The predicted octanol–water partition coefficient (Wildman–Crippen LogP) is 1.53. The zero-order valence-corrected chi connectivity index (χ0v) is 7.69. The van der Waals surface area contributed by atoms with Crippen molar-refractivity contribution in [3.63, 3.8) is 0 Å². The summed E-state index contributed by atoms with van der Waals surface area (Å²) < 4.78 is 5.33. The van der Waals surface area contributed by atoms with Crippen LogP contribution in [0.15, 0.2) is 12.3 Å². The van der Waals surface area contributed by atoms with Gasteiger partial charge < -0.3 is 4.74 Å². The van der Waals surface area contributed by atoms with Crippen LogP contribution in [0, 0.1) is 11.3 Å². The molecule has 0 bridgehead atoms. The molecule has 1 atom stereocenters. The van der Waals surface area contributed by atoms with E-state index in [4.69, 9.17) is 10.00 Å². The maximum Gasteiger partial charge on any atom is 0.317 e. The van der Waals surface area contributed by atoms with Crippen molar-refractivity contribution in [3.05, 3.63) is 18.0 Å². The van der Waals surface area contributed by atoms with Crippen molar-refractivity contribution in [2.75, 3.05) is 0 Å². The fourth-order valence-electron chi connectivity index (χ4n) is 0.723. The van der Waals surface area contributed by atoms with Crippen LogP contribution in [0.2, 0.25) is 0 Å². The first-order chi connectivity index (χ1) is 6.26. The Kier molecular flexibility index (Phi) is 3.21. The predicted molar refractivity (Wildman–Crippen MR) is 47.1 cm³/mol. The van der Waals surface area contributed by atoms with Crippen molar-refractivity contribution >= 4 is 0 Å². The topological polar surface area (TPSA) is 58.8 Å². The van der Waals surface area contributed by atoms with E-state index < -0.39 is 0 Å². The van der Waals surface area contributed by atoms with Gasteiger partial charge in [0.2, 0.25) is 0 Å². The first-order valence-corrected chi connectivity index (χ1v) is 4.16. The molecule has 0 aliphatic carbocycles. The molecule has 4 nitrogen and oxygen atoms in total. The van der Waals surface area contributed by atoms with E-state index in [1.807, 2.05) is 19.9 Å². The molecule has 0 radical (unpaired) electrons. The van der Waals surface area contributed by atoms with Gasteiger partial charge in [-0.25, -0.2) is 4.98 Å². The largest absolute Gasteiger partial charge is 0.460 e. The summed E-state index contributed by atoms with van der Waals surface area (Å²) in [6, 6.07) is 3.74. The third-order valence-electron chi connectivity index (χ3n) is 1.63. The van der Waals surface area contributed by atoms with Crippen molar-refractivity contribution in [2.24, 2.45) is 0 Å². The van der Waals surface area contributed by atoms with Crippen molar-refractivity contribution in [1.29, 1.82) is 5.26 Å². The Morgan fingerprint density at radius 3 is 3.08 bits per heavy atom. The maximum atomic E-state index is 8.56. The number of ether oxygens (including phenoxy) is 1. The second-order valence-electron chi connectivity index (χ2n) is 2.67. The lowest BCUT2D eigenvalue weighted by Gasteiger charge is -2.09. The molecule has 0 aromatic carbocycles. The molecular weight excluding hydrogens is 166 g/mol. The van der Waals surface area contributed by atoms with Gasteiger partial charge in [0, 0.05) is 6.20 Å². The van der Waals surface area contributed by atoms with Gasteiger partial charge in [-0.2, -0.15) is 10.2 Å². The molecule has 1 unspecified atom stereocenters. The molecule has 13 heavy (non-hydrogen) atoms. The van der Waals surface area contributed by atoms with E-state index >= 15 is 0 Å². The van der Waals surface area contributed by atoms with Crippen molar-refractivity contribution in [3.8, 4) is 12.1 Å². The summed E-state index contributed by atoms with van der Waals surface area (Å²) in [7, 11) is 0. The molecule has 1 aromatic rings. The Balaban J connectivity index is 2.73. The minimum Gasteiger partial charge on any atom is -0.460 e. The third-order valence-corrected chi connectivity index (χ3v) is 1.63. The molecule has 1 rings (SSSR count). The number of rotatable bonds is 3. The summed E-state index contributed by atoms with van der Waals surface area (Å²) in [4.78, 5) is 7.78. The standard InChI is InChI=1S/C9H11N3O/c1-3-7(2)13-9-11-5-4-8(6-10)12-9/h4-5,7H,3H2,1-2H3. The lowest BCUT2D eigenvalue weighted by atomic mass is 10.3. The molecule has 0 aliphatic rings. The van der Waals surface area contributed by atoms with E-state index in [-0.39, 0.29) is 12.1 Å². The van der Waals surface area contributed by atoms with Gasteiger partial charge in [-0.3, -0.25) is 0 Å². The molecule has 0 fully saturated rings. The average Bonchev–Trinajstić information content (AvgIpc) is 2.18. The van der Waals surface area contributed by atoms with Crippen LogP contribution in [0.3, 0.4) is 0 Å². The van der Waals surface area contributed by atoms with Crippen LogP contribution in [-0.4, -0.2) is 16.1 Å². The average molecular weight is 177 g/mol. The Labute approximate surface area is 77.2 Å². The van der Waals surface area contributed by atoms with E-state index in [0.717, 1.165) is 6.42 Å². The fraction of sp³-hybridized carbons (Fsp3) is 0.444. The number of hydrogen-bond donors (Lipinski definition) is 0. The van der Waals surface area contributed by atoms with Gasteiger partial charge in [0.15, 0.2) is 0 Å². The minimum absolute atomic E-state index is 0.0777.